The highest BCUT2D eigenvalue weighted by Crippen LogP contribution is 2.32. The molecule has 1 heterocycles. The highest BCUT2D eigenvalue weighted by Gasteiger charge is 2.32. The number of oxime groups is 1. The van der Waals surface area contributed by atoms with Crippen LogP contribution in [0.25, 0.3) is 0 Å². The van der Waals surface area contributed by atoms with E-state index in [1.54, 1.807) is 0 Å². The zero-order valence-corrected chi connectivity index (χ0v) is 10.3. The third-order valence-corrected chi connectivity index (χ3v) is 2.65. The average Bonchev–Trinajstić information content (AvgIpc) is 2.66. The number of benzene rings is 1. The van der Waals surface area contributed by atoms with Gasteiger partial charge in [-0.2, -0.15) is 0 Å². The van der Waals surface area contributed by atoms with E-state index < -0.39 is 24.0 Å². The lowest BCUT2D eigenvalue weighted by atomic mass is 10.1. The quantitative estimate of drug-likeness (QED) is 0.771. The van der Waals surface area contributed by atoms with Crippen molar-refractivity contribution in [3.63, 3.8) is 0 Å². The highest BCUT2D eigenvalue weighted by atomic mass is 79.9. The van der Waals surface area contributed by atoms with Crippen molar-refractivity contribution in [2.45, 2.75) is 18.9 Å². The van der Waals surface area contributed by atoms with Gasteiger partial charge in [-0.05, 0) is 33.6 Å². The molecule has 0 unspecified atom stereocenters. The van der Waals surface area contributed by atoms with Gasteiger partial charge in [0.25, 0.3) is 0 Å². The lowest BCUT2D eigenvalue weighted by Crippen LogP contribution is -2.18. The van der Waals surface area contributed by atoms with Gasteiger partial charge in [-0.25, -0.2) is 4.39 Å². The first-order chi connectivity index (χ1) is 8.35. The van der Waals surface area contributed by atoms with Crippen LogP contribution in [0, 0.1) is 5.82 Å². The molecule has 0 aromatic heterocycles. The Hall–Kier alpha value is -1.31. The monoisotopic (exact) mass is 327 g/mol. The van der Waals surface area contributed by atoms with Crippen LogP contribution in [0.15, 0.2) is 23.4 Å². The van der Waals surface area contributed by atoms with E-state index in [0.717, 1.165) is 12.1 Å². The molecule has 98 valence electrons. The lowest BCUT2D eigenvalue weighted by Gasteiger charge is -2.12. The Morgan fingerprint density at radius 3 is 2.61 bits per heavy atom. The molecule has 2 rings (SSSR count). The van der Waals surface area contributed by atoms with Crippen molar-refractivity contribution in [1.82, 2.24) is 0 Å². The number of rotatable bonds is 2. The zero-order valence-electron chi connectivity index (χ0n) is 8.67. The van der Waals surface area contributed by atoms with Crippen LogP contribution in [0.5, 0.6) is 5.75 Å². The van der Waals surface area contributed by atoms with Crippen molar-refractivity contribution >= 4 is 20.6 Å². The van der Waals surface area contributed by atoms with Crippen molar-refractivity contribution in [3.8, 4) is 5.75 Å². The van der Waals surface area contributed by atoms with Crippen molar-refractivity contribution < 1.29 is 27.1 Å². The maximum absolute atomic E-state index is 13.4. The Bertz CT molecular complexity index is 489. The molecular weight excluding hydrogens is 322 g/mol. The second-order valence-corrected chi connectivity index (χ2v) is 4.42. The van der Waals surface area contributed by atoms with Gasteiger partial charge < -0.3 is 9.57 Å². The summed E-state index contributed by atoms with van der Waals surface area (Å²) in [6.07, 6.45) is -5.02. The molecule has 0 fully saturated rings. The molecule has 0 spiro atoms. The Morgan fingerprint density at radius 1 is 1.39 bits per heavy atom. The Morgan fingerprint density at radius 2 is 2.11 bits per heavy atom. The van der Waals surface area contributed by atoms with E-state index in [9.17, 15) is 17.6 Å². The highest BCUT2D eigenvalue weighted by molar-refractivity contribution is 9.18. The summed E-state index contributed by atoms with van der Waals surface area (Å²) in [7, 11) is 0. The topological polar surface area (TPSA) is 30.8 Å². The molecule has 0 radical (unpaired) electrons. The Balaban J connectivity index is 2.15. The Kier molecular flexibility index (Phi) is 3.47. The van der Waals surface area contributed by atoms with Gasteiger partial charge in [0.05, 0.1) is 0 Å². The molecule has 0 aliphatic carbocycles. The van der Waals surface area contributed by atoms with E-state index >= 15 is 0 Å². The van der Waals surface area contributed by atoms with E-state index in [-0.39, 0.29) is 0 Å². The van der Waals surface area contributed by atoms with Gasteiger partial charge in [-0.15, -0.1) is 13.2 Å². The minimum absolute atomic E-state index is 0.389. The summed E-state index contributed by atoms with van der Waals surface area (Å²) in [5.74, 6) is -1.97. The van der Waals surface area contributed by atoms with Crippen molar-refractivity contribution in [2.24, 2.45) is 5.16 Å². The summed E-state index contributed by atoms with van der Waals surface area (Å²) >= 11 is 3.11. The number of alkyl halides is 3. The number of nitrogens with zero attached hydrogens (tertiary/aromatic N) is 1. The minimum atomic E-state index is -4.92. The van der Waals surface area contributed by atoms with Gasteiger partial charge in [0, 0.05) is 6.42 Å². The number of ether oxygens (including phenoxy) is 1. The third-order valence-electron chi connectivity index (χ3n) is 2.19. The first-order valence-electron chi connectivity index (χ1n) is 4.78. The second-order valence-electron chi connectivity index (χ2n) is 3.50. The van der Waals surface area contributed by atoms with Crippen LogP contribution in [0.1, 0.15) is 18.1 Å². The molecule has 18 heavy (non-hydrogen) atoms. The molecule has 0 saturated heterocycles. The fraction of sp³-hybridized carbons (Fsp3) is 0.300. The molecule has 1 aromatic carbocycles. The zero-order chi connectivity index (χ0) is 13.3. The van der Waals surface area contributed by atoms with Crippen LogP contribution >= 0.6 is 15.9 Å². The molecule has 0 saturated carbocycles. The van der Waals surface area contributed by atoms with E-state index in [4.69, 9.17) is 4.84 Å². The second kappa shape index (κ2) is 4.75. The first-order valence-corrected chi connectivity index (χ1v) is 5.58. The lowest BCUT2D eigenvalue weighted by molar-refractivity contribution is -0.275. The maximum atomic E-state index is 13.4. The Labute approximate surface area is 107 Å². The average molecular weight is 328 g/mol. The summed E-state index contributed by atoms with van der Waals surface area (Å²) < 4.78 is 53.3. The predicted molar refractivity (Wildman–Crippen MR) is 57.9 cm³/mol. The fourth-order valence-electron chi connectivity index (χ4n) is 1.45. The molecule has 0 N–H and O–H groups in total. The van der Waals surface area contributed by atoms with Gasteiger partial charge in [0.2, 0.25) is 0 Å². The van der Waals surface area contributed by atoms with Gasteiger partial charge in [-0.1, -0.05) is 11.2 Å². The van der Waals surface area contributed by atoms with Crippen LogP contribution in [0.4, 0.5) is 17.6 Å². The molecule has 8 heteroatoms. The van der Waals surface area contributed by atoms with E-state index in [0.29, 0.717) is 16.6 Å². The van der Waals surface area contributed by atoms with Crippen molar-refractivity contribution in [2.75, 3.05) is 0 Å². The number of hydrogen-bond donors (Lipinski definition) is 0. The first kappa shape index (κ1) is 13.1. The smallest absolute Gasteiger partial charge is 0.403 e. The van der Waals surface area contributed by atoms with Gasteiger partial charge in [0.1, 0.15) is 4.62 Å². The summed E-state index contributed by atoms with van der Waals surface area (Å²) in [4.78, 5) is 4.96. The van der Waals surface area contributed by atoms with Crippen LogP contribution in [-0.2, 0) is 4.84 Å². The van der Waals surface area contributed by atoms with E-state index in [2.05, 4.69) is 25.8 Å². The summed E-state index contributed by atoms with van der Waals surface area (Å²) in [5, 5.41) is 3.61. The van der Waals surface area contributed by atoms with Crippen LogP contribution in [0.3, 0.4) is 0 Å². The summed E-state index contributed by atoms with van der Waals surface area (Å²) in [5.41, 5.74) is 0.389. The largest absolute Gasteiger partial charge is 0.573 e. The normalized spacial score (nSPS) is 19.4. The number of halogens is 5. The molecule has 0 bridgehead atoms. The van der Waals surface area contributed by atoms with Crippen molar-refractivity contribution in [3.05, 3.63) is 29.6 Å². The van der Waals surface area contributed by atoms with E-state index in [1.807, 2.05) is 0 Å². The van der Waals surface area contributed by atoms with Crippen LogP contribution < -0.4 is 4.74 Å². The number of hydrogen-bond acceptors (Lipinski definition) is 3. The SMILES string of the molecule is Fc1cc([C@@H]2CC(Br)=NO2)ccc1OC(F)(F)F. The molecule has 1 aliphatic heterocycles. The fourth-order valence-corrected chi connectivity index (χ4v) is 1.83. The van der Waals surface area contributed by atoms with Gasteiger partial charge in [0.15, 0.2) is 17.7 Å². The molecule has 1 atom stereocenters. The maximum Gasteiger partial charge on any atom is 0.573 e. The van der Waals surface area contributed by atoms with Crippen molar-refractivity contribution in [1.29, 1.82) is 0 Å². The molecular formula is C10H6BrF4NO2. The molecule has 1 aromatic rings. The summed E-state index contributed by atoms with van der Waals surface area (Å²) in [6, 6.07) is 3.15. The predicted octanol–water partition coefficient (Wildman–Crippen LogP) is 3.89. The summed E-state index contributed by atoms with van der Waals surface area (Å²) in [6.45, 7) is 0. The third kappa shape index (κ3) is 3.12. The minimum Gasteiger partial charge on any atom is -0.403 e. The molecule has 0 amide bonds. The van der Waals surface area contributed by atoms with Gasteiger partial charge in [-0.3, -0.25) is 0 Å². The van der Waals surface area contributed by atoms with Crippen LogP contribution in [0.2, 0.25) is 0 Å². The van der Waals surface area contributed by atoms with Crippen LogP contribution in [-0.4, -0.2) is 11.0 Å². The van der Waals surface area contributed by atoms with E-state index in [1.165, 1.54) is 6.07 Å². The standard InChI is InChI=1S/C10H6BrF4NO2/c11-9-4-8(18-16-9)5-1-2-7(6(12)3-5)17-10(13,14)15/h1-3,8H,4H2/t8-/m0/s1. The molecule has 1 aliphatic rings. The van der Waals surface area contributed by atoms with Gasteiger partial charge >= 0.3 is 6.36 Å². The molecule has 3 nitrogen and oxygen atoms in total.